The lowest BCUT2D eigenvalue weighted by Crippen LogP contribution is -2.00. The number of nitrogens with zero attached hydrogens (tertiary/aromatic N) is 2. The van der Waals surface area contributed by atoms with Crippen molar-refractivity contribution in [3.63, 3.8) is 0 Å². The summed E-state index contributed by atoms with van der Waals surface area (Å²) in [6, 6.07) is 32.0. The zero-order chi connectivity index (χ0) is 20.8. The smallest absolute Gasteiger partial charge is 0.0992 e. The molecule has 0 saturated heterocycles. The Morgan fingerprint density at radius 1 is 0.645 bits per heavy atom. The molecule has 3 heterocycles. The van der Waals surface area contributed by atoms with E-state index < -0.39 is 0 Å². The predicted molar refractivity (Wildman–Crippen MR) is 132 cm³/mol. The summed E-state index contributed by atoms with van der Waals surface area (Å²) in [6.07, 6.45) is 0. The minimum atomic E-state index is 0.677. The van der Waals surface area contributed by atoms with Crippen molar-refractivity contribution in [1.82, 2.24) is 4.57 Å². The molecule has 0 saturated carbocycles. The number of aromatic nitrogens is 1. The van der Waals surface area contributed by atoms with E-state index in [0.717, 1.165) is 26.6 Å². The summed E-state index contributed by atoms with van der Waals surface area (Å²) in [5.74, 6) is 0. The van der Waals surface area contributed by atoms with Gasteiger partial charge in [0.1, 0.15) is 0 Å². The molecule has 0 radical (unpaired) electrons. The van der Waals surface area contributed by atoms with Crippen molar-refractivity contribution in [3.8, 4) is 32.6 Å². The van der Waals surface area contributed by atoms with E-state index in [0.29, 0.717) is 5.56 Å². The monoisotopic (exact) mass is 432 g/mol. The normalized spacial score (nSPS) is 11.2. The predicted octanol–water partition coefficient (Wildman–Crippen LogP) is 8.11. The lowest BCUT2D eigenvalue weighted by molar-refractivity contribution is 1.18. The molecule has 0 atom stereocenters. The molecule has 0 aliphatic heterocycles. The van der Waals surface area contributed by atoms with Gasteiger partial charge in [0.25, 0.3) is 0 Å². The zero-order valence-electron chi connectivity index (χ0n) is 16.4. The van der Waals surface area contributed by atoms with Crippen LogP contribution in [-0.2, 0) is 0 Å². The Hall–Kier alpha value is -3.65. The van der Waals surface area contributed by atoms with E-state index in [1.165, 1.54) is 21.8 Å². The second kappa shape index (κ2) is 7.24. The van der Waals surface area contributed by atoms with Gasteiger partial charge in [0.05, 0.1) is 28.4 Å². The average molecular weight is 433 g/mol. The second-order valence-corrected chi connectivity index (χ2v) is 9.25. The largest absolute Gasteiger partial charge is 0.308 e. The molecule has 0 aliphatic carbocycles. The van der Waals surface area contributed by atoms with Gasteiger partial charge in [0, 0.05) is 31.7 Å². The molecule has 3 aromatic carbocycles. The molecular weight excluding hydrogens is 416 g/mol. The maximum Gasteiger partial charge on any atom is 0.0992 e. The third-order valence-electron chi connectivity index (χ3n) is 5.62. The van der Waals surface area contributed by atoms with Crippen LogP contribution in [0.15, 0.2) is 95.7 Å². The molecule has 6 rings (SSSR count). The van der Waals surface area contributed by atoms with Crippen molar-refractivity contribution in [3.05, 3.63) is 101 Å². The highest BCUT2D eigenvalue weighted by atomic mass is 32.1. The van der Waals surface area contributed by atoms with Gasteiger partial charge in [-0.15, -0.1) is 22.7 Å². The van der Waals surface area contributed by atoms with Crippen LogP contribution in [0.25, 0.3) is 48.4 Å². The molecule has 146 valence electrons. The highest BCUT2D eigenvalue weighted by molar-refractivity contribution is 7.14. The maximum absolute atomic E-state index is 9.80. The Bertz CT molecular complexity index is 1470. The van der Waals surface area contributed by atoms with E-state index in [9.17, 15) is 5.26 Å². The highest BCUT2D eigenvalue weighted by Gasteiger charge is 2.21. The molecule has 0 amide bonds. The van der Waals surface area contributed by atoms with E-state index in [-0.39, 0.29) is 0 Å². The van der Waals surface area contributed by atoms with E-state index in [2.05, 4.69) is 94.2 Å². The van der Waals surface area contributed by atoms with Crippen LogP contribution in [0, 0.1) is 11.3 Å². The number of nitriles is 1. The van der Waals surface area contributed by atoms with Crippen molar-refractivity contribution in [2.45, 2.75) is 0 Å². The molecule has 0 fully saturated rings. The Morgan fingerprint density at radius 2 is 1.16 bits per heavy atom. The third-order valence-corrected chi connectivity index (χ3v) is 7.42. The molecular formula is C27H16N2S2. The first-order valence-electron chi connectivity index (χ1n) is 9.99. The molecule has 2 nitrogen and oxygen atoms in total. The molecule has 6 aromatic rings. The number of para-hydroxylation sites is 2. The maximum atomic E-state index is 9.80. The van der Waals surface area contributed by atoms with Crippen LogP contribution < -0.4 is 0 Å². The third kappa shape index (κ3) is 2.83. The van der Waals surface area contributed by atoms with E-state index in [1.54, 1.807) is 22.7 Å². The summed E-state index contributed by atoms with van der Waals surface area (Å²) in [7, 11) is 0. The molecule has 0 unspecified atom stereocenters. The zero-order valence-corrected chi connectivity index (χ0v) is 18.1. The fourth-order valence-corrected chi connectivity index (χ4v) is 5.83. The second-order valence-electron chi connectivity index (χ2n) is 7.36. The lowest BCUT2D eigenvalue weighted by Gasteiger charge is -2.18. The fraction of sp³-hybridized carbons (Fsp3) is 0. The first-order valence-corrected chi connectivity index (χ1v) is 11.8. The molecule has 31 heavy (non-hydrogen) atoms. The van der Waals surface area contributed by atoms with Gasteiger partial charge in [0.15, 0.2) is 0 Å². The van der Waals surface area contributed by atoms with Crippen LogP contribution >= 0.6 is 22.7 Å². The average Bonchev–Trinajstić information content (AvgIpc) is 3.59. The van der Waals surface area contributed by atoms with Crippen molar-refractivity contribution < 1.29 is 0 Å². The van der Waals surface area contributed by atoms with Gasteiger partial charge in [-0.05, 0) is 47.2 Å². The molecule has 0 aliphatic rings. The highest BCUT2D eigenvalue weighted by Crippen LogP contribution is 2.43. The molecule has 3 aromatic heterocycles. The standard InChI is InChI=1S/C27H16N2S2/c28-17-18-15-21(25-11-5-13-30-25)27(22(16-18)26-12-6-14-31-26)29-23-9-3-1-7-19(23)20-8-2-4-10-24(20)29/h1-16H. The minimum absolute atomic E-state index is 0.677. The summed E-state index contributed by atoms with van der Waals surface area (Å²) in [6.45, 7) is 0. The topological polar surface area (TPSA) is 28.7 Å². The van der Waals surface area contributed by atoms with Crippen molar-refractivity contribution >= 4 is 44.5 Å². The first-order chi connectivity index (χ1) is 15.3. The number of rotatable bonds is 3. The molecule has 0 spiro atoms. The van der Waals surface area contributed by atoms with Crippen LogP contribution in [0.3, 0.4) is 0 Å². The summed E-state index contributed by atoms with van der Waals surface area (Å²) in [5.41, 5.74) is 6.32. The van der Waals surface area contributed by atoms with Gasteiger partial charge in [-0.1, -0.05) is 48.5 Å². The summed E-state index contributed by atoms with van der Waals surface area (Å²) < 4.78 is 2.37. The fourth-order valence-electron chi connectivity index (χ4n) is 4.34. The van der Waals surface area contributed by atoms with Crippen LogP contribution in [-0.4, -0.2) is 4.57 Å². The molecule has 4 heteroatoms. The van der Waals surface area contributed by atoms with Crippen LogP contribution in [0.1, 0.15) is 5.56 Å². The van der Waals surface area contributed by atoms with Gasteiger partial charge < -0.3 is 4.57 Å². The summed E-state index contributed by atoms with van der Waals surface area (Å²) in [5, 5.41) is 16.4. The van der Waals surface area contributed by atoms with Crippen molar-refractivity contribution in [2.24, 2.45) is 0 Å². The van der Waals surface area contributed by atoms with Gasteiger partial charge in [0.2, 0.25) is 0 Å². The SMILES string of the molecule is N#Cc1cc(-c2cccs2)c(-n2c3ccccc3c3ccccc32)c(-c2cccs2)c1. The number of benzene rings is 3. The van der Waals surface area contributed by atoms with Crippen molar-refractivity contribution in [1.29, 1.82) is 5.26 Å². The molecule has 0 N–H and O–H groups in total. The van der Waals surface area contributed by atoms with Gasteiger partial charge in [-0.25, -0.2) is 0 Å². The minimum Gasteiger partial charge on any atom is -0.308 e. The van der Waals surface area contributed by atoms with Gasteiger partial charge in [-0.2, -0.15) is 5.26 Å². The quantitative estimate of drug-likeness (QED) is 0.278. The van der Waals surface area contributed by atoms with Crippen LogP contribution in [0.5, 0.6) is 0 Å². The Kier molecular flexibility index (Phi) is 4.24. The Balaban J connectivity index is 1.85. The Morgan fingerprint density at radius 3 is 1.61 bits per heavy atom. The number of hydrogen-bond donors (Lipinski definition) is 0. The van der Waals surface area contributed by atoms with E-state index in [4.69, 9.17) is 0 Å². The lowest BCUT2D eigenvalue weighted by atomic mass is 10.00. The molecule has 0 bridgehead atoms. The summed E-state index contributed by atoms with van der Waals surface area (Å²) >= 11 is 3.41. The van der Waals surface area contributed by atoms with Crippen LogP contribution in [0.4, 0.5) is 0 Å². The van der Waals surface area contributed by atoms with Crippen LogP contribution in [0.2, 0.25) is 0 Å². The number of thiophene rings is 2. The van der Waals surface area contributed by atoms with E-state index >= 15 is 0 Å². The van der Waals surface area contributed by atoms with Gasteiger partial charge >= 0.3 is 0 Å². The number of hydrogen-bond acceptors (Lipinski definition) is 3. The Labute approximate surface area is 187 Å². The van der Waals surface area contributed by atoms with Gasteiger partial charge in [-0.3, -0.25) is 0 Å². The van der Waals surface area contributed by atoms with Crippen molar-refractivity contribution in [2.75, 3.05) is 0 Å². The number of fused-ring (bicyclic) bond motifs is 3. The first kappa shape index (κ1) is 18.1. The van der Waals surface area contributed by atoms with E-state index in [1.807, 2.05) is 12.1 Å². The summed E-state index contributed by atoms with van der Waals surface area (Å²) in [4.78, 5) is 2.32.